The Balaban J connectivity index is 2.08. The van der Waals surface area contributed by atoms with Gasteiger partial charge in [0.15, 0.2) is 11.5 Å². The minimum absolute atomic E-state index is 0.0733. The first kappa shape index (κ1) is 18.8. The Kier molecular flexibility index (Phi) is 5.17. The van der Waals surface area contributed by atoms with Crippen molar-refractivity contribution in [1.82, 2.24) is 14.6 Å². The molecule has 0 aliphatic rings. The third kappa shape index (κ3) is 3.73. The van der Waals surface area contributed by atoms with Gasteiger partial charge in [0.2, 0.25) is 5.91 Å². The lowest BCUT2D eigenvalue weighted by Gasteiger charge is -2.09. The Morgan fingerprint density at radius 2 is 1.93 bits per heavy atom. The fourth-order valence-electron chi connectivity index (χ4n) is 2.65. The number of rotatable bonds is 7. The summed E-state index contributed by atoms with van der Waals surface area (Å²) in [7, 11) is 3.10. The van der Waals surface area contributed by atoms with Gasteiger partial charge in [-0.1, -0.05) is 0 Å². The van der Waals surface area contributed by atoms with E-state index in [-0.39, 0.29) is 12.1 Å². The number of carbonyl (C=O) groups is 1. The van der Waals surface area contributed by atoms with Crippen LogP contribution in [0.2, 0.25) is 0 Å². The highest BCUT2D eigenvalue weighted by Crippen LogP contribution is 2.30. The maximum atomic E-state index is 11.1. The monoisotopic (exact) mass is 381 g/mol. The van der Waals surface area contributed by atoms with Crippen molar-refractivity contribution in [2.24, 2.45) is 5.73 Å². The van der Waals surface area contributed by atoms with Gasteiger partial charge in [-0.05, 0) is 6.92 Å². The van der Waals surface area contributed by atoms with Gasteiger partial charge in [0, 0.05) is 35.6 Å². The number of benzene rings is 1. The van der Waals surface area contributed by atoms with E-state index in [0.717, 1.165) is 0 Å². The molecule has 1 aromatic carbocycles. The largest absolute Gasteiger partial charge is 0.497 e. The highest BCUT2D eigenvalue weighted by Gasteiger charge is 2.18. The third-order valence-corrected chi connectivity index (χ3v) is 3.89. The first-order chi connectivity index (χ1) is 13.4. The molecule has 0 aliphatic heterocycles. The second kappa shape index (κ2) is 7.71. The quantitative estimate of drug-likeness (QED) is 0.560. The van der Waals surface area contributed by atoms with E-state index in [1.54, 1.807) is 45.4 Å². The number of hydrogen-bond acceptors (Lipinski definition) is 8. The van der Waals surface area contributed by atoms with E-state index in [4.69, 9.17) is 15.2 Å². The fraction of sp³-hybridized carbons (Fsp3) is 0.222. The second-order valence-corrected chi connectivity index (χ2v) is 5.90. The van der Waals surface area contributed by atoms with Crippen LogP contribution in [0.15, 0.2) is 24.3 Å². The Bertz CT molecular complexity index is 1060. The lowest BCUT2D eigenvalue weighted by Crippen LogP contribution is -2.23. The molecule has 4 N–H and O–H groups in total. The van der Waals surface area contributed by atoms with E-state index >= 15 is 0 Å². The number of aryl methyl sites for hydroxylation is 1. The molecule has 10 heteroatoms. The van der Waals surface area contributed by atoms with Gasteiger partial charge < -0.3 is 25.8 Å². The first-order valence-corrected chi connectivity index (χ1v) is 8.28. The van der Waals surface area contributed by atoms with Crippen LogP contribution < -0.4 is 25.8 Å². The van der Waals surface area contributed by atoms with E-state index in [0.29, 0.717) is 40.2 Å². The summed E-state index contributed by atoms with van der Waals surface area (Å²) in [4.78, 5) is 15.5. The summed E-state index contributed by atoms with van der Waals surface area (Å²) in [6, 6.07) is 9.07. The number of methoxy groups -OCH3 is 2. The standard InChI is InChI=1S/C18H19N7O3/c1-10-4-16(21-9-15(20)26)25-18(22-10)14(8-19)17(24-25)23-11-5-12(27-2)7-13(6-11)28-3/h4-7,21H,9H2,1-3H3,(H2,20,26)(H,23,24). The predicted octanol–water partition coefficient (Wildman–Crippen LogP) is 1.57. The molecule has 0 saturated heterocycles. The van der Waals surface area contributed by atoms with Crippen molar-refractivity contribution in [3.8, 4) is 17.6 Å². The molecular weight excluding hydrogens is 362 g/mol. The smallest absolute Gasteiger partial charge is 0.236 e. The van der Waals surface area contributed by atoms with Gasteiger partial charge in [0.25, 0.3) is 0 Å². The zero-order valence-electron chi connectivity index (χ0n) is 15.6. The SMILES string of the molecule is COc1cc(Nc2nn3c(NCC(N)=O)cc(C)nc3c2C#N)cc(OC)c1. The minimum Gasteiger partial charge on any atom is -0.497 e. The van der Waals surface area contributed by atoms with Gasteiger partial charge in [0.05, 0.1) is 20.8 Å². The van der Waals surface area contributed by atoms with Crippen LogP contribution in [0.5, 0.6) is 11.5 Å². The van der Waals surface area contributed by atoms with E-state index < -0.39 is 5.91 Å². The number of primary amides is 1. The minimum atomic E-state index is -0.517. The zero-order chi connectivity index (χ0) is 20.3. The van der Waals surface area contributed by atoms with Crippen LogP contribution in [-0.4, -0.2) is 41.3 Å². The van der Waals surface area contributed by atoms with Crippen molar-refractivity contribution in [3.05, 3.63) is 35.5 Å². The van der Waals surface area contributed by atoms with Gasteiger partial charge in [-0.15, -0.1) is 5.10 Å². The van der Waals surface area contributed by atoms with Crippen LogP contribution in [0.4, 0.5) is 17.3 Å². The number of nitrogens with zero attached hydrogens (tertiary/aromatic N) is 4. The maximum Gasteiger partial charge on any atom is 0.236 e. The fourth-order valence-corrected chi connectivity index (χ4v) is 2.65. The molecular formula is C18H19N7O3. The maximum absolute atomic E-state index is 11.1. The lowest BCUT2D eigenvalue weighted by molar-refractivity contribution is -0.116. The van der Waals surface area contributed by atoms with Gasteiger partial charge in [0.1, 0.15) is 28.9 Å². The van der Waals surface area contributed by atoms with Gasteiger partial charge >= 0.3 is 0 Å². The Morgan fingerprint density at radius 3 is 2.50 bits per heavy atom. The van der Waals surface area contributed by atoms with E-state index in [1.165, 1.54) is 4.52 Å². The molecule has 1 amide bonds. The number of aromatic nitrogens is 3. The van der Waals surface area contributed by atoms with Crippen molar-refractivity contribution < 1.29 is 14.3 Å². The van der Waals surface area contributed by atoms with Gasteiger partial charge in [-0.3, -0.25) is 4.79 Å². The summed E-state index contributed by atoms with van der Waals surface area (Å²) in [6.45, 7) is 1.71. The molecule has 0 aliphatic carbocycles. The summed E-state index contributed by atoms with van der Waals surface area (Å²) < 4.78 is 12.0. The lowest BCUT2D eigenvalue weighted by atomic mass is 10.2. The van der Waals surface area contributed by atoms with Crippen LogP contribution in [0.3, 0.4) is 0 Å². The molecule has 0 radical (unpaired) electrons. The summed E-state index contributed by atoms with van der Waals surface area (Å²) in [5.74, 6) is 1.45. The van der Waals surface area contributed by atoms with Crippen molar-refractivity contribution >= 4 is 28.9 Å². The molecule has 28 heavy (non-hydrogen) atoms. The molecule has 0 spiro atoms. The molecule has 144 valence electrons. The van der Waals surface area contributed by atoms with Crippen molar-refractivity contribution in [3.63, 3.8) is 0 Å². The average Bonchev–Trinajstić information content (AvgIpc) is 3.02. The number of ether oxygens (including phenoxy) is 2. The van der Waals surface area contributed by atoms with Crippen LogP contribution in [0.25, 0.3) is 5.65 Å². The summed E-state index contributed by atoms with van der Waals surface area (Å²) in [6.07, 6.45) is 0. The first-order valence-electron chi connectivity index (χ1n) is 8.28. The Labute approximate surface area is 160 Å². The Hall–Kier alpha value is -4.00. The summed E-state index contributed by atoms with van der Waals surface area (Å²) in [5.41, 5.74) is 7.10. The molecule has 0 unspecified atom stereocenters. The predicted molar refractivity (Wildman–Crippen MR) is 103 cm³/mol. The van der Waals surface area contributed by atoms with Crippen LogP contribution >= 0.6 is 0 Å². The normalized spacial score (nSPS) is 10.4. The van der Waals surface area contributed by atoms with Crippen molar-refractivity contribution in [1.29, 1.82) is 5.26 Å². The number of fused-ring (bicyclic) bond motifs is 1. The molecule has 0 atom stereocenters. The van der Waals surface area contributed by atoms with Gasteiger partial charge in [-0.25, -0.2) is 4.98 Å². The number of carbonyl (C=O) groups excluding carboxylic acids is 1. The third-order valence-electron chi connectivity index (χ3n) is 3.89. The van der Waals surface area contributed by atoms with Crippen LogP contribution in [0, 0.1) is 18.3 Å². The molecule has 3 aromatic rings. The highest BCUT2D eigenvalue weighted by molar-refractivity contribution is 5.79. The van der Waals surface area contributed by atoms with Crippen LogP contribution in [0.1, 0.15) is 11.3 Å². The van der Waals surface area contributed by atoms with E-state index in [2.05, 4.69) is 26.8 Å². The molecule has 10 nitrogen and oxygen atoms in total. The van der Waals surface area contributed by atoms with E-state index in [1.807, 2.05) is 0 Å². The molecule has 0 saturated carbocycles. The number of nitrogens with one attached hydrogen (secondary N) is 2. The number of nitriles is 1. The van der Waals surface area contributed by atoms with Crippen molar-refractivity contribution in [2.45, 2.75) is 6.92 Å². The topological polar surface area (TPSA) is 140 Å². The summed E-state index contributed by atoms with van der Waals surface area (Å²) >= 11 is 0. The molecule has 3 rings (SSSR count). The van der Waals surface area contributed by atoms with E-state index in [9.17, 15) is 10.1 Å². The number of anilines is 3. The van der Waals surface area contributed by atoms with Crippen molar-refractivity contribution in [2.75, 3.05) is 31.4 Å². The number of hydrogen-bond donors (Lipinski definition) is 3. The number of amides is 1. The van der Waals surface area contributed by atoms with Gasteiger partial charge in [-0.2, -0.15) is 9.78 Å². The number of nitrogens with two attached hydrogens (primary N) is 1. The highest BCUT2D eigenvalue weighted by atomic mass is 16.5. The summed E-state index contributed by atoms with van der Waals surface area (Å²) in [5, 5.41) is 20.1. The molecule has 0 bridgehead atoms. The average molecular weight is 381 g/mol. The molecule has 0 fully saturated rings. The molecule has 2 heterocycles. The van der Waals surface area contributed by atoms with Crippen LogP contribution in [-0.2, 0) is 4.79 Å². The second-order valence-electron chi connectivity index (χ2n) is 5.90. The zero-order valence-corrected chi connectivity index (χ0v) is 15.6. The molecule has 2 aromatic heterocycles. The Morgan fingerprint density at radius 1 is 1.25 bits per heavy atom.